The Balaban J connectivity index is 0.000000255. The number of carbonyl (C=O) groups is 1. The highest BCUT2D eigenvalue weighted by atomic mass is 32.1. The Morgan fingerprint density at radius 2 is 1.73 bits per heavy atom. The highest BCUT2D eigenvalue weighted by Gasteiger charge is 2.20. The van der Waals surface area contributed by atoms with E-state index in [2.05, 4.69) is 17.9 Å². The van der Waals surface area contributed by atoms with E-state index in [1.165, 1.54) is 19.3 Å². The van der Waals surface area contributed by atoms with Crippen LogP contribution >= 0.6 is 12.6 Å². The van der Waals surface area contributed by atoms with E-state index >= 15 is 0 Å². The fourth-order valence-corrected chi connectivity index (χ4v) is 2.34. The number of amides is 1. The zero-order valence-electron chi connectivity index (χ0n) is 13.8. The maximum Gasteiger partial charge on any atom is 0.407 e. The van der Waals surface area contributed by atoms with Crippen LogP contribution in [0.4, 0.5) is 4.79 Å². The first-order chi connectivity index (χ1) is 10.3. The monoisotopic (exact) mass is 319 g/mol. The first kappa shape index (κ1) is 19.0. The lowest BCUT2D eigenvalue weighted by Crippen LogP contribution is -2.39. The van der Waals surface area contributed by atoms with Crippen molar-refractivity contribution in [2.75, 3.05) is 0 Å². The Morgan fingerprint density at radius 3 is 2.18 bits per heavy atom. The summed E-state index contributed by atoms with van der Waals surface area (Å²) in [4.78, 5) is 12.3. The molecule has 0 aromatic heterocycles. The van der Waals surface area contributed by atoms with Gasteiger partial charge >= 0.3 is 6.09 Å². The molecule has 22 heavy (non-hydrogen) atoms. The van der Waals surface area contributed by atoms with Crippen LogP contribution in [0, 0.1) is 0 Å². The number of nitrogens with one attached hydrogen (secondary N) is 1. The van der Waals surface area contributed by atoms with Gasteiger partial charge in [-0.3, -0.25) is 0 Å². The molecule has 120 valence electrons. The minimum atomic E-state index is -0.390. The molecule has 0 bridgehead atoms. The largest absolute Gasteiger partial charge is 0.444 e. The molecular formula is C17H26BNO2S. The minimum absolute atomic E-state index is 0.274. The van der Waals surface area contributed by atoms with Crippen LogP contribution in [0.1, 0.15) is 52.9 Å². The van der Waals surface area contributed by atoms with Gasteiger partial charge in [0.25, 0.3) is 0 Å². The summed E-state index contributed by atoms with van der Waals surface area (Å²) in [5.41, 5.74) is 0.390. The summed E-state index contributed by atoms with van der Waals surface area (Å²) in [5.74, 6) is 0. The maximum absolute atomic E-state index is 11.4. The molecule has 1 aromatic rings. The zero-order valence-corrected chi connectivity index (χ0v) is 14.7. The van der Waals surface area contributed by atoms with E-state index in [1.54, 1.807) is 0 Å². The van der Waals surface area contributed by atoms with Crippen molar-refractivity contribution in [3.8, 4) is 0 Å². The van der Waals surface area contributed by atoms with Gasteiger partial charge in [0, 0.05) is 10.9 Å². The third-order valence-electron chi connectivity index (χ3n) is 3.22. The van der Waals surface area contributed by atoms with Gasteiger partial charge in [0.2, 0.25) is 0 Å². The van der Waals surface area contributed by atoms with Gasteiger partial charge in [0.05, 0.1) is 0 Å². The van der Waals surface area contributed by atoms with E-state index in [1.807, 2.05) is 45.0 Å². The van der Waals surface area contributed by atoms with Gasteiger partial charge in [0.15, 0.2) is 0 Å². The molecule has 1 fully saturated rings. The SMILES string of the molecule is CC(C)(C)OC(=O)NC1CCCCC1.[B]c1ccc(S)cc1. The van der Waals surface area contributed by atoms with Crippen LogP contribution in [-0.2, 0) is 4.74 Å². The number of benzene rings is 1. The predicted molar refractivity (Wildman–Crippen MR) is 95.3 cm³/mol. The first-order valence-electron chi connectivity index (χ1n) is 7.80. The van der Waals surface area contributed by atoms with Crippen LogP contribution in [0.15, 0.2) is 29.2 Å². The molecule has 1 aliphatic carbocycles. The molecule has 1 N–H and O–H groups in total. The molecule has 2 radical (unpaired) electrons. The number of carbonyl (C=O) groups excluding carboxylic acids is 1. The number of ether oxygens (including phenoxy) is 1. The highest BCUT2D eigenvalue weighted by Crippen LogP contribution is 2.18. The van der Waals surface area contributed by atoms with Gasteiger partial charge in [-0.2, -0.15) is 0 Å². The summed E-state index contributed by atoms with van der Waals surface area (Å²) < 4.78 is 5.19. The van der Waals surface area contributed by atoms with E-state index in [4.69, 9.17) is 12.6 Å². The molecule has 0 saturated heterocycles. The number of hydrogen-bond donors (Lipinski definition) is 2. The molecule has 1 aromatic carbocycles. The summed E-state index contributed by atoms with van der Waals surface area (Å²) in [6, 6.07) is 7.69. The predicted octanol–water partition coefficient (Wildman–Crippen LogP) is 3.61. The zero-order chi connectivity index (χ0) is 16.6. The van der Waals surface area contributed by atoms with Crippen LogP contribution in [0.2, 0.25) is 0 Å². The smallest absolute Gasteiger partial charge is 0.407 e. The van der Waals surface area contributed by atoms with Crippen molar-refractivity contribution in [1.29, 1.82) is 0 Å². The second-order valence-corrected chi connectivity index (χ2v) is 7.09. The van der Waals surface area contributed by atoms with Gasteiger partial charge in [-0.25, -0.2) is 4.79 Å². The summed E-state index contributed by atoms with van der Waals surface area (Å²) in [6.45, 7) is 5.65. The van der Waals surface area contributed by atoms with Crippen LogP contribution < -0.4 is 10.8 Å². The molecule has 0 spiro atoms. The van der Waals surface area contributed by atoms with E-state index in [9.17, 15) is 4.79 Å². The molecule has 1 saturated carbocycles. The second kappa shape index (κ2) is 9.14. The van der Waals surface area contributed by atoms with Crippen molar-refractivity contribution in [1.82, 2.24) is 5.32 Å². The van der Waals surface area contributed by atoms with Crippen LogP contribution in [0.5, 0.6) is 0 Å². The fraction of sp³-hybridized carbons (Fsp3) is 0.588. The number of rotatable bonds is 1. The van der Waals surface area contributed by atoms with Gasteiger partial charge in [-0.15, -0.1) is 12.6 Å². The quantitative estimate of drug-likeness (QED) is 0.613. The second-order valence-electron chi connectivity index (χ2n) is 6.57. The minimum Gasteiger partial charge on any atom is -0.444 e. The molecule has 0 unspecified atom stereocenters. The number of thiol groups is 1. The normalized spacial score (nSPS) is 15.5. The van der Waals surface area contributed by atoms with Crippen molar-refractivity contribution in [3.05, 3.63) is 24.3 Å². The van der Waals surface area contributed by atoms with E-state index in [0.717, 1.165) is 23.2 Å². The third kappa shape index (κ3) is 9.03. The number of hydrogen-bond acceptors (Lipinski definition) is 3. The average Bonchev–Trinajstić information content (AvgIpc) is 2.42. The molecular weight excluding hydrogens is 293 g/mol. The lowest BCUT2D eigenvalue weighted by molar-refractivity contribution is 0.0493. The molecule has 0 atom stereocenters. The lowest BCUT2D eigenvalue weighted by atomic mass is 9.96. The Morgan fingerprint density at radius 1 is 1.18 bits per heavy atom. The summed E-state index contributed by atoms with van der Waals surface area (Å²) >= 11 is 4.08. The van der Waals surface area contributed by atoms with Crippen LogP contribution in [0.25, 0.3) is 0 Å². The van der Waals surface area contributed by atoms with Crippen molar-refractivity contribution < 1.29 is 9.53 Å². The third-order valence-corrected chi connectivity index (χ3v) is 3.52. The van der Waals surface area contributed by atoms with Gasteiger partial charge in [0.1, 0.15) is 13.4 Å². The van der Waals surface area contributed by atoms with E-state index < -0.39 is 5.60 Å². The lowest BCUT2D eigenvalue weighted by Gasteiger charge is -2.25. The topological polar surface area (TPSA) is 38.3 Å². The van der Waals surface area contributed by atoms with Crippen LogP contribution in [-0.4, -0.2) is 25.6 Å². The molecule has 1 aliphatic rings. The Kier molecular flexibility index (Phi) is 7.87. The maximum atomic E-state index is 11.4. The van der Waals surface area contributed by atoms with Crippen molar-refractivity contribution in [3.63, 3.8) is 0 Å². The van der Waals surface area contributed by atoms with Crippen molar-refractivity contribution >= 4 is 32.0 Å². The number of alkyl carbamates (subject to hydrolysis) is 1. The summed E-state index contributed by atoms with van der Waals surface area (Å²) in [7, 11) is 5.39. The van der Waals surface area contributed by atoms with Crippen LogP contribution in [0.3, 0.4) is 0 Å². The van der Waals surface area contributed by atoms with Crippen molar-refractivity contribution in [2.24, 2.45) is 0 Å². The average molecular weight is 319 g/mol. The van der Waals surface area contributed by atoms with Gasteiger partial charge < -0.3 is 10.1 Å². The molecule has 2 rings (SSSR count). The van der Waals surface area contributed by atoms with E-state index in [0.29, 0.717) is 6.04 Å². The molecule has 0 aliphatic heterocycles. The van der Waals surface area contributed by atoms with E-state index in [-0.39, 0.29) is 6.09 Å². The van der Waals surface area contributed by atoms with Gasteiger partial charge in [-0.1, -0.05) is 36.9 Å². The molecule has 5 heteroatoms. The van der Waals surface area contributed by atoms with Gasteiger partial charge in [-0.05, 0) is 45.7 Å². The molecule has 0 heterocycles. The highest BCUT2D eigenvalue weighted by molar-refractivity contribution is 7.80. The molecule has 3 nitrogen and oxygen atoms in total. The Bertz CT molecular complexity index is 430. The fourth-order valence-electron chi connectivity index (χ4n) is 2.20. The molecule has 1 amide bonds. The Labute approximate surface area is 141 Å². The first-order valence-corrected chi connectivity index (χ1v) is 8.25. The standard InChI is InChI=1S/C11H21NO2.C6H5BS/c1-11(2,3)14-10(13)12-9-7-5-4-6-8-9;7-5-1-3-6(8)4-2-5/h9H,4-8H2,1-3H3,(H,12,13);1-4,8H. The van der Waals surface area contributed by atoms with Crippen molar-refractivity contribution in [2.45, 2.75) is 69.4 Å². The summed E-state index contributed by atoms with van der Waals surface area (Å²) in [6.07, 6.45) is 5.66. The summed E-state index contributed by atoms with van der Waals surface area (Å²) in [5, 5.41) is 2.91. The Hall–Kier alpha value is -1.10.